The molecular weight excluding hydrogens is 346 g/mol. The average Bonchev–Trinajstić information content (AvgIpc) is 2.68. The molecule has 0 spiro atoms. The van der Waals surface area contributed by atoms with Crippen LogP contribution in [0.5, 0.6) is 0 Å². The predicted octanol–water partition coefficient (Wildman–Crippen LogP) is 5.46. The number of ketones is 1. The van der Waals surface area contributed by atoms with E-state index in [0.717, 1.165) is 0 Å². The fraction of sp³-hybridized carbons (Fsp3) is 0.136. The van der Waals surface area contributed by atoms with Crippen LogP contribution in [0.15, 0.2) is 84.9 Å². The third-order valence-electron chi connectivity index (χ3n) is 4.60. The first kappa shape index (κ1) is 18.3. The Balaban J connectivity index is 2.04. The number of hydrogen-bond donors (Lipinski definition) is 0. The van der Waals surface area contributed by atoms with Gasteiger partial charge in [0.1, 0.15) is 13.0 Å². The summed E-state index contributed by atoms with van der Waals surface area (Å²) in [5.41, 5.74) is 0.159. The minimum absolute atomic E-state index is 0.00633. The van der Waals surface area contributed by atoms with Crippen molar-refractivity contribution in [2.24, 2.45) is 0 Å². The van der Waals surface area contributed by atoms with Crippen molar-refractivity contribution in [3.05, 3.63) is 102 Å². The second-order valence-corrected chi connectivity index (χ2v) is 9.48. The first-order valence-electron chi connectivity index (χ1n) is 8.45. The molecule has 0 amide bonds. The number of carbonyl (C=O) groups is 1. The van der Waals surface area contributed by atoms with Crippen molar-refractivity contribution in [2.75, 3.05) is 6.66 Å². The van der Waals surface area contributed by atoms with Gasteiger partial charge in [-0.1, -0.05) is 78.9 Å². The lowest BCUT2D eigenvalue weighted by molar-refractivity contribution is 0.0980. The summed E-state index contributed by atoms with van der Waals surface area (Å²) in [5, 5.41) is 0.647. The molecule has 0 aliphatic rings. The van der Waals surface area contributed by atoms with Gasteiger partial charge in [-0.25, -0.2) is 4.39 Å². The van der Waals surface area contributed by atoms with Crippen molar-refractivity contribution < 1.29 is 13.8 Å². The quantitative estimate of drug-likeness (QED) is 0.429. The molecule has 0 aromatic heterocycles. The topological polar surface area (TPSA) is 34.1 Å². The standard InChI is InChI=1S/C22H20FO2P/c1-26(25,18-12-6-3-7-13-18)22(19-14-8-9-15-20(19)23)16-21(24)17-10-4-2-5-11-17/h2-15,22H,16H2,1H3/t22-,26?/m0/s1. The Morgan fingerprint density at radius 1 is 0.885 bits per heavy atom. The molecule has 1 unspecified atom stereocenters. The molecule has 132 valence electrons. The molecule has 0 saturated carbocycles. The van der Waals surface area contributed by atoms with E-state index in [-0.39, 0.29) is 12.2 Å². The van der Waals surface area contributed by atoms with E-state index in [2.05, 4.69) is 0 Å². The molecule has 3 aromatic rings. The van der Waals surface area contributed by atoms with Gasteiger partial charge in [-0.05, 0) is 18.3 Å². The van der Waals surface area contributed by atoms with Crippen LogP contribution in [0.25, 0.3) is 0 Å². The zero-order chi connectivity index (χ0) is 18.6. The molecule has 0 N–H and O–H groups in total. The van der Waals surface area contributed by atoms with Crippen LogP contribution in [0, 0.1) is 5.82 Å². The van der Waals surface area contributed by atoms with Crippen LogP contribution in [-0.2, 0) is 4.57 Å². The lowest BCUT2D eigenvalue weighted by atomic mass is 10.0. The highest BCUT2D eigenvalue weighted by atomic mass is 31.2. The third kappa shape index (κ3) is 3.84. The maximum atomic E-state index is 14.5. The van der Waals surface area contributed by atoms with E-state index in [4.69, 9.17) is 0 Å². The van der Waals surface area contributed by atoms with Crippen LogP contribution >= 0.6 is 7.14 Å². The second kappa shape index (κ2) is 7.80. The largest absolute Gasteiger partial charge is 0.318 e. The maximum Gasteiger partial charge on any atom is 0.163 e. The van der Waals surface area contributed by atoms with Crippen LogP contribution in [0.3, 0.4) is 0 Å². The molecule has 3 rings (SSSR count). The Bertz CT molecular complexity index is 939. The number of benzene rings is 3. The van der Waals surface area contributed by atoms with Crippen LogP contribution < -0.4 is 5.30 Å². The predicted molar refractivity (Wildman–Crippen MR) is 104 cm³/mol. The maximum absolute atomic E-state index is 14.5. The van der Waals surface area contributed by atoms with Gasteiger partial charge in [-0.2, -0.15) is 0 Å². The van der Waals surface area contributed by atoms with Crippen LogP contribution in [0.4, 0.5) is 4.39 Å². The van der Waals surface area contributed by atoms with Crippen molar-refractivity contribution in [1.29, 1.82) is 0 Å². The molecule has 0 saturated heterocycles. The molecule has 0 aliphatic heterocycles. The van der Waals surface area contributed by atoms with E-state index in [1.165, 1.54) is 6.07 Å². The Morgan fingerprint density at radius 2 is 1.42 bits per heavy atom. The lowest BCUT2D eigenvalue weighted by Crippen LogP contribution is -2.16. The Hall–Kier alpha value is -2.51. The van der Waals surface area contributed by atoms with Crippen LogP contribution in [-0.4, -0.2) is 12.4 Å². The average molecular weight is 366 g/mol. The number of halogens is 1. The van der Waals surface area contributed by atoms with Gasteiger partial charge in [0, 0.05) is 17.3 Å². The summed E-state index contributed by atoms with van der Waals surface area (Å²) < 4.78 is 28.2. The Morgan fingerprint density at radius 3 is 2.04 bits per heavy atom. The number of hydrogen-bond acceptors (Lipinski definition) is 2. The summed E-state index contributed by atoms with van der Waals surface area (Å²) in [6.07, 6.45) is -0.00633. The number of Topliss-reactive ketones (excluding diaryl/α,β-unsaturated/α-hetero) is 1. The van der Waals surface area contributed by atoms with Gasteiger partial charge < -0.3 is 4.57 Å². The SMILES string of the molecule is CP(=O)(c1ccccc1)[C@@H](CC(=O)c1ccccc1)c1ccccc1F. The first-order valence-corrected chi connectivity index (χ1v) is 10.7. The first-order chi connectivity index (χ1) is 12.5. The molecule has 0 fully saturated rings. The number of rotatable bonds is 6. The van der Waals surface area contributed by atoms with E-state index in [1.54, 1.807) is 61.3 Å². The van der Waals surface area contributed by atoms with E-state index < -0.39 is 18.6 Å². The minimum atomic E-state index is -3.04. The van der Waals surface area contributed by atoms with Gasteiger partial charge in [0.2, 0.25) is 0 Å². The molecule has 26 heavy (non-hydrogen) atoms. The van der Waals surface area contributed by atoms with Crippen LogP contribution in [0.1, 0.15) is 28.0 Å². The minimum Gasteiger partial charge on any atom is -0.318 e. The molecule has 0 heterocycles. The molecule has 4 heteroatoms. The molecule has 2 nitrogen and oxygen atoms in total. The van der Waals surface area contributed by atoms with Gasteiger partial charge >= 0.3 is 0 Å². The van der Waals surface area contributed by atoms with Crippen molar-refractivity contribution in [3.63, 3.8) is 0 Å². The van der Waals surface area contributed by atoms with E-state index in [9.17, 15) is 13.8 Å². The summed E-state index contributed by atoms with van der Waals surface area (Å²) in [7, 11) is -3.04. The van der Waals surface area contributed by atoms with Gasteiger partial charge in [0.15, 0.2) is 5.78 Å². The van der Waals surface area contributed by atoms with Gasteiger partial charge in [-0.15, -0.1) is 0 Å². The van der Waals surface area contributed by atoms with Gasteiger partial charge in [0.05, 0.1) is 5.66 Å². The third-order valence-corrected chi connectivity index (χ3v) is 7.58. The van der Waals surface area contributed by atoms with Crippen molar-refractivity contribution in [1.82, 2.24) is 0 Å². The highest BCUT2D eigenvalue weighted by Crippen LogP contribution is 2.57. The number of carbonyl (C=O) groups excluding carboxylic acids is 1. The van der Waals surface area contributed by atoms with Gasteiger partial charge in [-0.3, -0.25) is 4.79 Å². The Kier molecular flexibility index (Phi) is 5.49. The fourth-order valence-electron chi connectivity index (χ4n) is 3.12. The molecular formula is C22H20FO2P. The van der Waals surface area contributed by atoms with Crippen molar-refractivity contribution in [3.8, 4) is 0 Å². The second-order valence-electron chi connectivity index (χ2n) is 6.36. The highest BCUT2D eigenvalue weighted by Gasteiger charge is 2.34. The van der Waals surface area contributed by atoms with E-state index in [0.29, 0.717) is 16.4 Å². The van der Waals surface area contributed by atoms with Crippen LogP contribution in [0.2, 0.25) is 0 Å². The summed E-state index contributed by atoms with van der Waals surface area (Å²) in [4.78, 5) is 12.8. The van der Waals surface area contributed by atoms with Crippen molar-refractivity contribution in [2.45, 2.75) is 12.1 Å². The molecule has 0 bridgehead atoms. The van der Waals surface area contributed by atoms with E-state index >= 15 is 0 Å². The fourth-order valence-corrected chi connectivity index (χ4v) is 5.49. The molecule has 0 radical (unpaired) electrons. The smallest absolute Gasteiger partial charge is 0.163 e. The van der Waals surface area contributed by atoms with Gasteiger partial charge in [0.25, 0.3) is 0 Å². The van der Waals surface area contributed by atoms with E-state index in [1.807, 2.05) is 24.3 Å². The summed E-state index contributed by atoms with van der Waals surface area (Å²) >= 11 is 0. The summed E-state index contributed by atoms with van der Waals surface area (Å²) in [6.45, 7) is 1.64. The molecule has 2 atom stereocenters. The lowest BCUT2D eigenvalue weighted by Gasteiger charge is -2.25. The molecule has 0 aliphatic carbocycles. The summed E-state index contributed by atoms with van der Waals surface area (Å²) in [5.74, 6) is -0.576. The normalized spacial score (nSPS) is 14.4. The summed E-state index contributed by atoms with van der Waals surface area (Å²) in [6, 6.07) is 24.2. The van der Waals surface area contributed by atoms with Crippen molar-refractivity contribution >= 4 is 18.2 Å². The highest BCUT2D eigenvalue weighted by molar-refractivity contribution is 7.71. The zero-order valence-corrected chi connectivity index (χ0v) is 15.4. The molecule has 3 aromatic carbocycles. The zero-order valence-electron chi connectivity index (χ0n) is 14.5. The Labute approximate surface area is 153 Å². The monoisotopic (exact) mass is 366 g/mol.